The first kappa shape index (κ1) is 19.1. The van der Waals surface area contributed by atoms with Gasteiger partial charge in [0.2, 0.25) is 0 Å². The minimum atomic E-state index is -0.402. The minimum absolute atomic E-state index is 0.257. The van der Waals surface area contributed by atoms with Gasteiger partial charge in [-0.2, -0.15) is 0 Å². The van der Waals surface area contributed by atoms with Crippen LogP contribution in [0.3, 0.4) is 0 Å². The molecule has 0 N–H and O–H groups in total. The maximum absolute atomic E-state index is 14.0. The Balaban J connectivity index is 1.50. The van der Waals surface area contributed by atoms with E-state index in [1.165, 1.54) is 39.6 Å². The number of rotatable bonds is 6. The molecular weight excluding hydrogens is 397 g/mol. The highest BCUT2D eigenvalue weighted by molar-refractivity contribution is 7.99. The molecule has 0 saturated carbocycles. The van der Waals surface area contributed by atoms with E-state index in [0.717, 1.165) is 0 Å². The molecule has 0 aliphatic heterocycles. The number of imidazole rings is 1. The van der Waals surface area contributed by atoms with Crippen LogP contribution in [0.4, 0.5) is 4.39 Å². The average molecular weight is 415 g/mol. The summed E-state index contributed by atoms with van der Waals surface area (Å²) in [6.07, 6.45) is 3.52. The van der Waals surface area contributed by atoms with Crippen LogP contribution in [0.1, 0.15) is 6.42 Å². The molecule has 0 amide bonds. The molecule has 11 heteroatoms. The quantitative estimate of drug-likeness (QED) is 0.349. The van der Waals surface area contributed by atoms with Crippen molar-refractivity contribution in [3.8, 4) is 5.69 Å². The van der Waals surface area contributed by atoms with Crippen molar-refractivity contribution in [1.29, 1.82) is 0 Å². The number of hydrogen-bond donors (Lipinski definition) is 0. The second-order valence-corrected chi connectivity index (χ2v) is 7.53. The molecule has 0 radical (unpaired) electrons. The lowest BCUT2D eigenvalue weighted by Gasteiger charge is -2.09. The molecule has 0 atom stereocenters. The molecular formula is C18H18FN7O2S. The summed E-state index contributed by atoms with van der Waals surface area (Å²) in [5.74, 6) is 0.209. The molecule has 0 bridgehead atoms. The molecule has 0 aliphatic carbocycles. The summed E-state index contributed by atoms with van der Waals surface area (Å²) in [4.78, 5) is 29.3. The number of benzene rings is 1. The van der Waals surface area contributed by atoms with Crippen molar-refractivity contribution in [3.05, 3.63) is 63.6 Å². The highest BCUT2D eigenvalue weighted by Gasteiger charge is 2.15. The lowest BCUT2D eigenvalue weighted by molar-refractivity contribution is 0.593. The van der Waals surface area contributed by atoms with Crippen LogP contribution in [0.15, 0.2) is 51.7 Å². The molecule has 0 unspecified atom stereocenters. The standard InChI is InChI=1S/C18H18FN7O2S/c1-23-10-20-15-14(23)16(27)25(18(28)24(15)2)8-5-9-29-17-22-21-11-26(17)13-7-4-3-6-12(13)19/h3-4,6-7,10-11H,5,8-9H2,1-2H3. The number of aryl methyl sites for hydroxylation is 2. The van der Waals surface area contributed by atoms with Crippen LogP contribution in [-0.2, 0) is 20.6 Å². The van der Waals surface area contributed by atoms with Crippen molar-refractivity contribution >= 4 is 22.9 Å². The van der Waals surface area contributed by atoms with Gasteiger partial charge in [0.05, 0.1) is 12.0 Å². The van der Waals surface area contributed by atoms with Crippen LogP contribution in [-0.4, -0.2) is 39.2 Å². The van der Waals surface area contributed by atoms with Crippen LogP contribution >= 0.6 is 11.8 Å². The molecule has 150 valence electrons. The first-order chi connectivity index (χ1) is 14.0. The number of hydrogen-bond acceptors (Lipinski definition) is 6. The van der Waals surface area contributed by atoms with Gasteiger partial charge in [-0.25, -0.2) is 14.2 Å². The van der Waals surface area contributed by atoms with E-state index >= 15 is 0 Å². The predicted molar refractivity (Wildman–Crippen MR) is 107 cm³/mol. The Morgan fingerprint density at radius 1 is 1.14 bits per heavy atom. The number of fused-ring (bicyclic) bond motifs is 1. The van der Waals surface area contributed by atoms with Gasteiger partial charge in [-0.05, 0) is 18.6 Å². The summed E-state index contributed by atoms with van der Waals surface area (Å²) in [5.41, 5.74) is 0.361. The maximum atomic E-state index is 14.0. The molecule has 9 nitrogen and oxygen atoms in total. The van der Waals surface area contributed by atoms with E-state index in [2.05, 4.69) is 15.2 Å². The van der Waals surface area contributed by atoms with Crippen molar-refractivity contribution in [3.63, 3.8) is 0 Å². The van der Waals surface area contributed by atoms with Gasteiger partial charge in [0.25, 0.3) is 5.56 Å². The van der Waals surface area contributed by atoms with E-state index < -0.39 is 5.69 Å². The predicted octanol–water partition coefficient (Wildman–Crippen LogP) is 1.34. The molecule has 4 rings (SSSR count). The monoisotopic (exact) mass is 415 g/mol. The molecule has 0 aliphatic rings. The normalized spacial score (nSPS) is 11.4. The lowest BCUT2D eigenvalue weighted by Crippen LogP contribution is -2.39. The molecule has 3 heterocycles. The fraction of sp³-hybridized carbons (Fsp3) is 0.278. The zero-order valence-electron chi connectivity index (χ0n) is 15.8. The number of thioether (sulfide) groups is 1. The largest absolute Gasteiger partial charge is 0.332 e. The average Bonchev–Trinajstić information content (AvgIpc) is 3.33. The van der Waals surface area contributed by atoms with Crippen molar-refractivity contribution in [1.82, 2.24) is 33.4 Å². The summed E-state index contributed by atoms with van der Waals surface area (Å²) in [6.45, 7) is 0.257. The number of para-hydroxylation sites is 1. The third kappa shape index (κ3) is 3.37. The van der Waals surface area contributed by atoms with Crippen LogP contribution in [0.5, 0.6) is 0 Å². The third-order valence-corrected chi connectivity index (χ3v) is 5.62. The van der Waals surface area contributed by atoms with Gasteiger partial charge in [-0.1, -0.05) is 23.9 Å². The Kier molecular flexibility index (Phi) is 5.05. The Bertz CT molecular complexity index is 1300. The molecule has 0 spiro atoms. The summed E-state index contributed by atoms with van der Waals surface area (Å²) in [5, 5.41) is 8.44. The number of halogens is 1. The van der Waals surface area contributed by atoms with Gasteiger partial charge in [-0.3, -0.25) is 18.5 Å². The van der Waals surface area contributed by atoms with Gasteiger partial charge < -0.3 is 4.57 Å². The second-order valence-electron chi connectivity index (χ2n) is 6.46. The number of nitrogens with zero attached hydrogens (tertiary/aromatic N) is 7. The van der Waals surface area contributed by atoms with Crippen molar-refractivity contribution in [2.24, 2.45) is 14.1 Å². The molecule has 1 aromatic carbocycles. The van der Waals surface area contributed by atoms with Gasteiger partial charge in [-0.15, -0.1) is 10.2 Å². The zero-order chi connectivity index (χ0) is 20.5. The maximum Gasteiger partial charge on any atom is 0.332 e. The summed E-state index contributed by atoms with van der Waals surface area (Å²) in [6, 6.07) is 6.38. The highest BCUT2D eigenvalue weighted by atomic mass is 32.2. The van der Waals surface area contributed by atoms with Gasteiger partial charge in [0.15, 0.2) is 16.3 Å². The Hall–Kier alpha value is -3.21. The topological polar surface area (TPSA) is 92.5 Å². The van der Waals surface area contributed by atoms with Crippen molar-refractivity contribution in [2.75, 3.05) is 5.75 Å². The third-order valence-electron chi connectivity index (χ3n) is 4.59. The SMILES string of the molecule is Cn1cnc2c1c(=O)n(CCCSc1nncn1-c1ccccc1F)c(=O)n2C. The molecule has 0 fully saturated rings. The summed E-state index contributed by atoms with van der Waals surface area (Å²) < 4.78 is 19.8. The van der Waals surface area contributed by atoms with Crippen LogP contribution < -0.4 is 11.2 Å². The summed E-state index contributed by atoms with van der Waals surface area (Å²) >= 11 is 1.38. The smallest absolute Gasteiger partial charge is 0.328 e. The van der Waals surface area contributed by atoms with E-state index in [4.69, 9.17) is 0 Å². The Morgan fingerprint density at radius 3 is 2.72 bits per heavy atom. The Morgan fingerprint density at radius 2 is 1.93 bits per heavy atom. The van der Waals surface area contributed by atoms with E-state index in [0.29, 0.717) is 34.2 Å². The van der Waals surface area contributed by atoms with Crippen molar-refractivity contribution in [2.45, 2.75) is 18.1 Å². The van der Waals surface area contributed by atoms with E-state index in [1.54, 1.807) is 41.4 Å². The molecule has 3 aromatic heterocycles. The highest BCUT2D eigenvalue weighted by Crippen LogP contribution is 2.21. The lowest BCUT2D eigenvalue weighted by atomic mass is 10.3. The van der Waals surface area contributed by atoms with Gasteiger partial charge in [0, 0.05) is 26.4 Å². The van der Waals surface area contributed by atoms with Crippen LogP contribution in [0, 0.1) is 5.82 Å². The fourth-order valence-corrected chi connectivity index (χ4v) is 3.96. The zero-order valence-corrected chi connectivity index (χ0v) is 16.6. The minimum Gasteiger partial charge on any atom is -0.328 e. The molecule has 29 heavy (non-hydrogen) atoms. The summed E-state index contributed by atoms with van der Waals surface area (Å²) in [7, 11) is 3.32. The fourth-order valence-electron chi connectivity index (χ4n) is 3.11. The molecule has 4 aromatic rings. The van der Waals surface area contributed by atoms with E-state index in [1.807, 2.05) is 0 Å². The molecule has 0 saturated heterocycles. The van der Waals surface area contributed by atoms with E-state index in [9.17, 15) is 14.0 Å². The van der Waals surface area contributed by atoms with Gasteiger partial charge >= 0.3 is 5.69 Å². The first-order valence-corrected chi connectivity index (χ1v) is 9.86. The second kappa shape index (κ2) is 7.66. The number of aromatic nitrogens is 7. The van der Waals surface area contributed by atoms with E-state index in [-0.39, 0.29) is 17.9 Å². The first-order valence-electron chi connectivity index (χ1n) is 8.87. The van der Waals surface area contributed by atoms with Crippen LogP contribution in [0.25, 0.3) is 16.9 Å². The van der Waals surface area contributed by atoms with Crippen LogP contribution in [0.2, 0.25) is 0 Å². The Labute approximate surface area is 168 Å². The van der Waals surface area contributed by atoms with Crippen molar-refractivity contribution < 1.29 is 4.39 Å². The van der Waals surface area contributed by atoms with Gasteiger partial charge in [0.1, 0.15) is 12.1 Å².